The first kappa shape index (κ1) is 18.3. The summed E-state index contributed by atoms with van der Waals surface area (Å²) < 4.78 is 10.8. The minimum Gasteiger partial charge on any atom is -0.496 e. The van der Waals surface area contributed by atoms with Crippen LogP contribution in [0.15, 0.2) is 42.5 Å². The minimum absolute atomic E-state index is 0.128. The Labute approximate surface area is 154 Å². The number of rotatable bonds is 7. The van der Waals surface area contributed by atoms with Crippen LogP contribution in [0.25, 0.3) is 0 Å². The first-order valence-corrected chi connectivity index (χ1v) is 9.13. The highest BCUT2D eigenvalue weighted by molar-refractivity contribution is 6.06. The molecule has 0 radical (unpaired) electrons. The monoisotopic (exact) mass is 354 g/mol. The number of ether oxygens (including phenoxy) is 2. The van der Waals surface area contributed by atoms with Gasteiger partial charge in [-0.3, -0.25) is 4.79 Å². The minimum atomic E-state index is -0.128. The van der Waals surface area contributed by atoms with Crippen LogP contribution in [0.1, 0.15) is 35.7 Å². The summed E-state index contributed by atoms with van der Waals surface area (Å²) in [5.41, 5.74) is 3.40. The Morgan fingerprint density at radius 1 is 1.15 bits per heavy atom. The largest absolute Gasteiger partial charge is 0.496 e. The van der Waals surface area contributed by atoms with Crippen LogP contribution in [-0.2, 0) is 11.3 Å². The molecule has 1 aliphatic heterocycles. The second kappa shape index (κ2) is 8.72. The van der Waals surface area contributed by atoms with Gasteiger partial charge < -0.3 is 19.7 Å². The lowest BCUT2D eigenvalue weighted by Gasteiger charge is -2.21. The van der Waals surface area contributed by atoms with Crippen molar-refractivity contribution in [1.29, 1.82) is 0 Å². The quantitative estimate of drug-likeness (QED) is 0.814. The third-order valence-corrected chi connectivity index (χ3v) is 4.60. The summed E-state index contributed by atoms with van der Waals surface area (Å²) in [5, 5.41) is 3.06. The van der Waals surface area contributed by atoms with Crippen LogP contribution in [0.3, 0.4) is 0 Å². The number of nitrogens with one attached hydrogen (secondary N) is 1. The molecule has 1 heterocycles. The van der Waals surface area contributed by atoms with Crippen molar-refractivity contribution >= 4 is 17.3 Å². The van der Waals surface area contributed by atoms with E-state index < -0.39 is 0 Å². The van der Waals surface area contributed by atoms with Crippen molar-refractivity contribution in [1.82, 2.24) is 0 Å². The van der Waals surface area contributed by atoms with E-state index in [4.69, 9.17) is 9.47 Å². The number of methoxy groups -OCH3 is 1. The Hall–Kier alpha value is -2.53. The summed E-state index contributed by atoms with van der Waals surface area (Å²) in [6, 6.07) is 13.4. The molecule has 0 aliphatic carbocycles. The van der Waals surface area contributed by atoms with Crippen molar-refractivity contribution in [3.8, 4) is 5.75 Å². The summed E-state index contributed by atoms with van der Waals surface area (Å²) in [6.45, 7) is 5.05. The fraction of sp³-hybridized carbons (Fsp3) is 0.381. The van der Waals surface area contributed by atoms with Gasteiger partial charge in [0.15, 0.2) is 0 Å². The molecule has 1 N–H and O–H groups in total. The van der Waals surface area contributed by atoms with E-state index in [2.05, 4.69) is 16.3 Å². The van der Waals surface area contributed by atoms with E-state index in [9.17, 15) is 4.79 Å². The topological polar surface area (TPSA) is 50.8 Å². The van der Waals surface area contributed by atoms with Crippen LogP contribution in [0.2, 0.25) is 0 Å². The maximum atomic E-state index is 12.8. The van der Waals surface area contributed by atoms with Crippen LogP contribution in [0.4, 0.5) is 11.4 Å². The summed E-state index contributed by atoms with van der Waals surface area (Å²) in [4.78, 5) is 15.1. The molecule has 1 amide bonds. The van der Waals surface area contributed by atoms with Gasteiger partial charge in [0.05, 0.1) is 25.1 Å². The Morgan fingerprint density at radius 2 is 1.92 bits per heavy atom. The van der Waals surface area contributed by atoms with Gasteiger partial charge in [0.2, 0.25) is 0 Å². The van der Waals surface area contributed by atoms with Crippen LogP contribution in [0, 0.1) is 0 Å². The fourth-order valence-electron chi connectivity index (χ4n) is 3.25. The van der Waals surface area contributed by atoms with Crippen LogP contribution >= 0.6 is 0 Å². The molecule has 5 nitrogen and oxygen atoms in total. The molecule has 0 aromatic heterocycles. The molecule has 0 bridgehead atoms. The normalized spacial score (nSPS) is 13.7. The Balaban J connectivity index is 1.80. The highest BCUT2D eigenvalue weighted by Crippen LogP contribution is 2.29. The molecule has 2 aromatic carbocycles. The second-order valence-corrected chi connectivity index (χ2v) is 6.33. The lowest BCUT2D eigenvalue weighted by molar-refractivity contribution is 0.102. The van der Waals surface area contributed by atoms with Gasteiger partial charge in [0, 0.05) is 30.8 Å². The maximum absolute atomic E-state index is 12.8. The highest BCUT2D eigenvalue weighted by atomic mass is 16.5. The van der Waals surface area contributed by atoms with Gasteiger partial charge in [-0.1, -0.05) is 12.1 Å². The van der Waals surface area contributed by atoms with E-state index >= 15 is 0 Å². The molecule has 0 atom stereocenters. The Morgan fingerprint density at radius 3 is 2.65 bits per heavy atom. The first-order chi connectivity index (χ1) is 12.7. The predicted molar refractivity (Wildman–Crippen MR) is 104 cm³/mol. The van der Waals surface area contributed by atoms with Crippen LogP contribution < -0.4 is 15.0 Å². The summed E-state index contributed by atoms with van der Waals surface area (Å²) in [7, 11) is 1.62. The van der Waals surface area contributed by atoms with E-state index in [-0.39, 0.29) is 5.91 Å². The maximum Gasteiger partial charge on any atom is 0.255 e. The molecule has 0 spiro atoms. The van der Waals surface area contributed by atoms with Crippen molar-refractivity contribution in [3.63, 3.8) is 0 Å². The Kier molecular flexibility index (Phi) is 6.12. The van der Waals surface area contributed by atoms with Gasteiger partial charge >= 0.3 is 0 Å². The molecule has 1 saturated heterocycles. The second-order valence-electron chi connectivity index (χ2n) is 6.33. The number of nitrogens with zero attached hydrogens (tertiary/aromatic N) is 1. The molecular weight excluding hydrogens is 328 g/mol. The summed E-state index contributed by atoms with van der Waals surface area (Å²) in [6.07, 6.45) is 2.39. The van der Waals surface area contributed by atoms with Crippen molar-refractivity contribution in [2.24, 2.45) is 0 Å². The third-order valence-electron chi connectivity index (χ3n) is 4.60. The molecule has 0 unspecified atom stereocenters. The zero-order valence-corrected chi connectivity index (χ0v) is 15.5. The number of carbonyl (C=O) groups is 1. The van der Waals surface area contributed by atoms with E-state index in [1.54, 1.807) is 13.2 Å². The van der Waals surface area contributed by atoms with Crippen LogP contribution in [0.5, 0.6) is 5.75 Å². The summed E-state index contributed by atoms with van der Waals surface area (Å²) >= 11 is 0. The average molecular weight is 354 g/mol. The molecule has 3 rings (SSSR count). The SMILES string of the molecule is CCOCc1cc(C(=O)Nc2ccccc2N2CCCC2)ccc1OC. The number of hydrogen-bond acceptors (Lipinski definition) is 4. The van der Waals surface area contributed by atoms with Crippen LogP contribution in [-0.4, -0.2) is 32.7 Å². The number of carbonyl (C=O) groups excluding carboxylic acids is 1. The molecule has 1 aliphatic rings. The lowest BCUT2D eigenvalue weighted by Crippen LogP contribution is -2.21. The zero-order valence-electron chi connectivity index (χ0n) is 15.5. The van der Waals surface area contributed by atoms with Gasteiger partial charge in [-0.25, -0.2) is 0 Å². The molecule has 5 heteroatoms. The van der Waals surface area contributed by atoms with Gasteiger partial charge in [-0.15, -0.1) is 0 Å². The predicted octanol–water partition coefficient (Wildman–Crippen LogP) is 4.08. The first-order valence-electron chi connectivity index (χ1n) is 9.13. The Bertz CT molecular complexity index is 755. The lowest BCUT2D eigenvalue weighted by atomic mass is 10.1. The van der Waals surface area contributed by atoms with E-state index in [1.807, 2.05) is 37.3 Å². The number of amides is 1. The average Bonchev–Trinajstić information content (AvgIpc) is 3.21. The number of anilines is 2. The van der Waals surface area contributed by atoms with Gasteiger partial charge in [-0.05, 0) is 50.1 Å². The highest BCUT2D eigenvalue weighted by Gasteiger charge is 2.17. The van der Waals surface area contributed by atoms with E-state index in [0.717, 1.165) is 35.8 Å². The van der Waals surface area contributed by atoms with E-state index in [0.29, 0.717) is 18.8 Å². The van der Waals surface area contributed by atoms with Crippen molar-refractivity contribution in [3.05, 3.63) is 53.6 Å². The molecule has 1 fully saturated rings. The van der Waals surface area contributed by atoms with E-state index in [1.165, 1.54) is 12.8 Å². The summed E-state index contributed by atoms with van der Waals surface area (Å²) in [5.74, 6) is 0.601. The zero-order chi connectivity index (χ0) is 18.4. The van der Waals surface area contributed by atoms with Gasteiger partial charge in [-0.2, -0.15) is 0 Å². The molecular formula is C21H26N2O3. The number of benzene rings is 2. The molecule has 138 valence electrons. The number of para-hydroxylation sites is 2. The standard InChI is InChI=1S/C21H26N2O3/c1-3-26-15-17-14-16(10-11-20(17)25-2)21(24)22-18-8-4-5-9-19(18)23-12-6-7-13-23/h4-5,8-11,14H,3,6-7,12-13,15H2,1-2H3,(H,22,24). The third kappa shape index (κ3) is 4.17. The molecule has 26 heavy (non-hydrogen) atoms. The van der Waals surface area contributed by atoms with Crippen molar-refractivity contribution in [2.45, 2.75) is 26.4 Å². The van der Waals surface area contributed by atoms with Crippen molar-refractivity contribution in [2.75, 3.05) is 37.0 Å². The molecule has 2 aromatic rings. The van der Waals surface area contributed by atoms with Crippen molar-refractivity contribution < 1.29 is 14.3 Å². The van der Waals surface area contributed by atoms with Gasteiger partial charge in [0.1, 0.15) is 5.75 Å². The smallest absolute Gasteiger partial charge is 0.255 e. The molecule has 0 saturated carbocycles. The van der Waals surface area contributed by atoms with Gasteiger partial charge in [0.25, 0.3) is 5.91 Å². The number of hydrogen-bond donors (Lipinski definition) is 1. The fourth-order valence-corrected chi connectivity index (χ4v) is 3.25.